The van der Waals surface area contributed by atoms with Gasteiger partial charge in [0.05, 0.1) is 18.2 Å². The van der Waals surface area contributed by atoms with Crippen molar-refractivity contribution in [3.63, 3.8) is 0 Å². The smallest absolute Gasteiger partial charge is 0.341 e. The summed E-state index contributed by atoms with van der Waals surface area (Å²) in [5.41, 5.74) is 0.334. The van der Waals surface area contributed by atoms with Gasteiger partial charge in [-0.15, -0.1) is 11.3 Å². The SMILES string of the molecule is CCOC(=O)c1cc(C)sc1NC(=O)CC#N. The quantitative estimate of drug-likeness (QED) is 0.832. The minimum atomic E-state index is -0.468. The molecular weight excluding hydrogens is 240 g/mol. The Morgan fingerprint density at radius 2 is 2.29 bits per heavy atom. The Morgan fingerprint density at radius 3 is 2.88 bits per heavy atom. The molecule has 0 spiro atoms. The highest BCUT2D eigenvalue weighted by Gasteiger charge is 2.17. The molecule has 1 N–H and O–H groups in total. The second-order valence-corrected chi connectivity index (χ2v) is 4.46. The summed E-state index contributed by atoms with van der Waals surface area (Å²) in [6, 6.07) is 3.40. The van der Waals surface area contributed by atoms with Crippen molar-refractivity contribution in [3.05, 3.63) is 16.5 Å². The Kier molecular flexibility index (Phi) is 4.67. The molecule has 1 aromatic heterocycles. The summed E-state index contributed by atoms with van der Waals surface area (Å²) in [6.45, 7) is 3.82. The molecule has 0 radical (unpaired) electrons. The molecule has 0 aromatic carbocycles. The van der Waals surface area contributed by atoms with Gasteiger partial charge in [0.15, 0.2) is 0 Å². The van der Waals surface area contributed by atoms with Crippen molar-refractivity contribution in [3.8, 4) is 6.07 Å². The van der Waals surface area contributed by atoms with Crippen molar-refractivity contribution in [2.45, 2.75) is 20.3 Å². The van der Waals surface area contributed by atoms with E-state index in [1.165, 1.54) is 11.3 Å². The van der Waals surface area contributed by atoms with Crippen LogP contribution in [0.5, 0.6) is 0 Å². The molecule has 0 unspecified atom stereocenters. The summed E-state index contributed by atoms with van der Waals surface area (Å²) in [6.07, 6.45) is -0.237. The molecule has 5 nitrogen and oxygen atoms in total. The first kappa shape index (κ1) is 13.2. The van der Waals surface area contributed by atoms with Gasteiger partial charge in [-0.1, -0.05) is 0 Å². The van der Waals surface area contributed by atoms with Crippen molar-refractivity contribution in [2.24, 2.45) is 0 Å². The van der Waals surface area contributed by atoms with Crippen LogP contribution >= 0.6 is 11.3 Å². The first-order valence-corrected chi connectivity index (χ1v) is 5.84. The largest absolute Gasteiger partial charge is 0.462 e. The zero-order valence-corrected chi connectivity index (χ0v) is 10.4. The van der Waals surface area contributed by atoms with Gasteiger partial charge in [0.25, 0.3) is 0 Å². The van der Waals surface area contributed by atoms with Crippen LogP contribution in [-0.2, 0) is 9.53 Å². The van der Waals surface area contributed by atoms with Crippen LogP contribution in [0.4, 0.5) is 5.00 Å². The number of thiophene rings is 1. The summed E-state index contributed by atoms with van der Waals surface area (Å²) in [5, 5.41) is 11.3. The van der Waals surface area contributed by atoms with Crippen LogP contribution in [0.1, 0.15) is 28.6 Å². The number of anilines is 1. The summed E-state index contributed by atoms with van der Waals surface area (Å²) in [5.74, 6) is -0.899. The number of rotatable bonds is 4. The molecule has 0 saturated heterocycles. The molecule has 0 atom stereocenters. The Morgan fingerprint density at radius 1 is 1.59 bits per heavy atom. The van der Waals surface area contributed by atoms with Gasteiger partial charge in [0.2, 0.25) is 5.91 Å². The van der Waals surface area contributed by atoms with Crippen LogP contribution in [0.3, 0.4) is 0 Å². The van der Waals surface area contributed by atoms with Crippen LogP contribution in [-0.4, -0.2) is 18.5 Å². The lowest BCUT2D eigenvalue weighted by molar-refractivity contribution is -0.115. The predicted molar refractivity (Wildman–Crippen MR) is 63.9 cm³/mol. The number of hydrogen-bond acceptors (Lipinski definition) is 5. The van der Waals surface area contributed by atoms with E-state index in [0.29, 0.717) is 10.6 Å². The summed E-state index contributed by atoms with van der Waals surface area (Å²) in [7, 11) is 0. The molecule has 1 rings (SSSR count). The Labute approximate surface area is 103 Å². The topological polar surface area (TPSA) is 79.2 Å². The number of nitrogens with zero attached hydrogens (tertiary/aromatic N) is 1. The van der Waals surface area contributed by atoms with Gasteiger partial charge in [-0.3, -0.25) is 4.79 Å². The van der Waals surface area contributed by atoms with E-state index in [2.05, 4.69) is 5.32 Å². The zero-order chi connectivity index (χ0) is 12.8. The van der Waals surface area contributed by atoms with Gasteiger partial charge >= 0.3 is 5.97 Å². The van der Waals surface area contributed by atoms with Crippen molar-refractivity contribution in [2.75, 3.05) is 11.9 Å². The Hall–Kier alpha value is -1.87. The maximum atomic E-state index is 11.6. The molecule has 0 fully saturated rings. The highest BCUT2D eigenvalue weighted by atomic mass is 32.1. The number of ether oxygens (including phenoxy) is 1. The highest BCUT2D eigenvalue weighted by molar-refractivity contribution is 7.16. The lowest BCUT2D eigenvalue weighted by atomic mass is 10.3. The van der Waals surface area contributed by atoms with Crippen LogP contribution in [0.2, 0.25) is 0 Å². The first-order valence-electron chi connectivity index (χ1n) is 5.02. The van der Waals surface area contributed by atoms with E-state index in [1.54, 1.807) is 19.1 Å². The molecule has 6 heteroatoms. The zero-order valence-electron chi connectivity index (χ0n) is 9.57. The third kappa shape index (κ3) is 3.57. The average molecular weight is 252 g/mol. The monoisotopic (exact) mass is 252 g/mol. The molecule has 1 aromatic rings. The molecular formula is C11H12N2O3S. The van der Waals surface area contributed by atoms with Gasteiger partial charge in [0, 0.05) is 4.88 Å². The number of aryl methyl sites for hydroxylation is 1. The van der Waals surface area contributed by atoms with Gasteiger partial charge in [0.1, 0.15) is 11.4 Å². The second-order valence-electron chi connectivity index (χ2n) is 3.20. The van der Waals surface area contributed by atoms with Gasteiger partial charge in [-0.25, -0.2) is 4.79 Å². The molecule has 1 amide bonds. The fourth-order valence-electron chi connectivity index (χ4n) is 1.21. The molecule has 0 bridgehead atoms. The number of esters is 1. The van der Waals surface area contributed by atoms with Crippen LogP contribution < -0.4 is 5.32 Å². The van der Waals surface area contributed by atoms with Crippen molar-refractivity contribution in [1.29, 1.82) is 5.26 Å². The van der Waals surface area contributed by atoms with Crippen LogP contribution in [0.25, 0.3) is 0 Å². The van der Waals surface area contributed by atoms with Gasteiger partial charge in [-0.2, -0.15) is 5.26 Å². The van der Waals surface area contributed by atoms with E-state index in [-0.39, 0.29) is 13.0 Å². The Balaban J connectivity index is 2.88. The number of nitrogens with one attached hydrogen (secondary N) is 1. The number of hydrogen-bond donors (Lipinski definition) is 1. The molecule has 0 aliphatic rings. The van der Waals surface area contributed by atoms with Crippen LogP contribution in [0.15, 0.2) is 6.07 Å². The van der Waals surface area contributed by atoms with Crippen molar-refractivity contribution >= 4 is 28.2 Å². The van der Waals surface area contributed by atoms with E-state index in [1.807, 2.05) is 6.92 Å². The second kappa shape index (κ2) is 6.01. The minimum absolute atomic E-state index is 0.237. The van der Waals surface area contributed by atoms with Crippen molar-refractivity contribution in [1.82, 2.24) is 0 Å². The van der Waals surface area contributed by atoms with E-state index < -0.39 is 11.9 Å². The standard InChI is InChI=1S/C11H12N2O3S/c1-3-16-11(15)8-6-7(2)17-10(8)13-9(14)4-5-12/h6H,3-4H2,1-2H3,(H,13,14). The lowest BCUT2D eigenvalue weighted by Gasteiger charge is -2.03. The third-order valence-corrected chi connectivity index (χ3v) is 2.81. The number of amides is 1. The maximum absolute atomic E-state index is 11.6. The highest BCUT2D eigenvalue weighted by Crippen LogP contribution is 2.28. The van der Waals surface area contributed by atoms with Crippen LogP contribution in [0, 0.1) is 18.3 Å². The van der Waals surface area contributed by atoms with Gasteiger partial charge in [-0.05, 0) is 19.9 Å². The fourth-order valence-corrected chi connectivity index (χ4v) is 2.13. The van der Waals surface area contributed by atoms with E-state index in [9.17, 15) is 9.59 Å². The Bertz CT molecular complexity index is 474. The van der Waals surface area contributed by atoms with Gasteiger partial charge < -0.3 is 10.1 Å². The minimum Gasteiger partial charge on any atom is -0.462 e. The number of carbonyl (C=O) groups excluding carboxylic acids is 2. The normalized spacial score (nSPS) is 9.47. The van der Waals surface area contributed by atoms with E-state index in [4.69, 9.17) is 10.00 Å². The van der Waals surface area contributed by atoms with Crippen molar-refractivity contribution < 1.29 is 14.3 Å². The molecule has 0 aliphatic heterocycles. The molecule has 1 heterocycles. The first-order chi connectivity index (χ1) is 8.08. The lowest BCUT2D eigenvalue weighted by Crippen LogP contribution is -2.13. The number of nitriles is 1. The molecule has 90 valence electrons. The molecule has 0 saturated carbocycles. The molecule has 17 heavy (non-hydrogen) atoms. The predicted octanol–water partition coefficient (Wildman–Crippen LogP) is 2.09. The average Bonchev–Trinajstić information content (AvgIpc) is 2.60. The fraction of sp³-hybridized carbons (Fsp3) is 0.364. The summed E-state index contributed by atoms with van der Waals surface area (Å²) in [4.78, 5) is 23.8. The number of carbonyl (C=O) groups is 2. The summed E-state index contributed by atoms with van der Waals surface area (Å²) < 4.78 is 4.87. The summed E-state index contributed by atoms with van der Waals surface area (Å²) >= 11 is 1.28. The van der Waals surface area contributed by atoms with E-state index in [0.717, 1.165) is 4.88 Å². The van der Waals surface area contributed by atoms with E-state index >= 15 is 0 Å². The third-order valence-electron chi connectivity index (χ3n) is 1.84. The molecule has 0 aliphatic carbocycles. The maximum Gasteiger partial charge on any atom is 0.341 e.